The van der Waals surface area contributed by atoms with E-state index in [0.29, 0.717) is 0 Å². The molecule has 1 aromatic rings. The summed E-state index contributed by atoms with van der Waals surface area (Å²) in [7, 11) is 2.03. The van der Waals surface area contributed by atoms with Crippen LogP contribution in [0.3, 0.4) is 0 Å². The molecule has 0 aliphatic rings. The third-order valence-electron chi connectivity index (χ3n) is 2.11. The number of hydrogen-bond donors (Lipinski definition) is 1. The van der Waals surface area contributed by atoms with E-state index in [1.54, 1.807) is 12.5 Å². The maximum Gasteiger partial charge on any atom is 0.146 e. The van der Waals surface area contributed by atoms with Crippen molar-refractivity contribution in [1.82, 2.24) is 15.3 Å². The van der Waals surface area contributed by atoms with Crippen LogP contribution in [0.25, 0.3) is 0 Å². The highest BCUT2D eigenvalue weighted by atomic mass is 79.9. The summed E-state index contributed by atoms with van der Waals surface area (Å²) in [6.07, 6.45) is 3.32. The number of hydrogen-bond acceptors (Lipinski definition) is 4. The Hall–Kier alpha value is -0.680. The average molecular weight is 287 g/mol. The van der Waals surface area contributed by atoms with E-state index in [0.717, 1.165) is 23.4 Å². The highest BCUT2D eigenvalue weighted by Gasteiger charge is 2.10. The molecule has 1 N–H and O–H groups in total. The van der Waals surface area contributed by atoms with Gasteiger partial charge in [0.1, 0.15) is 12.1 Å². The topological polar surface area (TPSA) is 41.0 Å². The number of nitrogens with zero attached hydrogens (tertiary/aromatic N) is 3. The molecule has 0 aliphatic heterocycles. The first kappa shape index (κ1) is 13.4. The molecule has 0 aliphatic carbocycles. The molecule has 0 saturated carbocycles. The Morgan fingerprint density at radius 3 is 2.69 bits per heavy atom. The number of rotatable bonds is 4. The van der Waals surface area contributed by atoms with Crippen LogP contribution in [0.2, 0.25) is 0 Å². The number of nitrogens with one attached hydrogen (secondary N) is 1. The van der Waals surface area contributed by atoms with Crippen molar-refractivity contribution < 1.29 is 0 Å². The average Bonchev–Trinajstić information content (AvgIpc) is 2.16. The van der Waals surface area contributed by atoms with E-state index in [4.69, 9.17) is 0 Å². The lowest BCUT2D eigenvalue weighted by Crippen LogP contribution is -2.40. The molecule has 1 aromatic heterocycles. The van der Waals surface area contributed by atoms with Gasteiger partial charge in [-0.15, -0.1) is 0 Å². The highest BCUT2D eigenvalue weighted by molar-refractivity contribution is 9.10. The van der Waals surface area contributed by atoms with Gasteiger partial charge in [0, 0.05) is 31.9 Å². The number of halogens is 1. The standard InChI is InChI=1S/C11H19BrN4/c1-11(2,3)15-5-6-16(4)10-9(12)7-13-8-14-10/h7-8,15H,5-6H2,1-4H3. The number of likely N-dealkylation sites (N-methyl/N-ethyl adjacent to an activating group) is 1. The lowest BCUT2D eigenvalue weighted by Gasteiger charge is -2.24. The normalized spacial score (nSPS) is 11.6. The van der Waals surface area contributed by atoms with Crippen molar-refractivity contribution in [3.05, 3.63) is 17.0 Å². The van der Waals surface area contributed by atoms with Crippen LogP contribution in [0.15, 0.2) is 17.0 Å². The Morgan fingerprint density at radius 2 is 2.12 bits per heavy atom. The van der Waals surface area contributed by atoms with E-state index in [1.165, 1.54) is 0 Å². The molecule has 4 nitrogen and oxygen atoms in total. The van der Waals surface area contributed by atoms with Crippen LogP contribution in [-0.2, 0) is 0 Å². The van der Waals surface area contributed by atoms with Crippen molar-refractivity contribution >= 4 is 21.7 Å². The minimum atomic E-state index is 0.156. The molecule has 0 fully saturated rings. The van der Waals surface area contributed by atoms with Crippen LogP contribution in [0.1, 0.15) is 20.8 Å². The summed E-state index contributed by atoms with van der Waals surface area (Å²) >= 11 is 3.44. The van der Waals surface area contributed by atoms with Crippen molar-refractivity contribution in [3.8, 4) is 0 Å². The Labute approximate surface area is 106 Å². The fourth-order valence-corrected chi connectivity index (χ4v) is 1.81. The molecule has 0 unspecified atom stereocenters. The van der Waals surface area contributed by atoms with Crippen LogP contribution < -0.4 is 10.2 Å². The first-order chi connectivity index (χ1) is 7.40. The molecule has 5 heteroatoms. The first-order valence-electron chi connectivity index (χ1n) is 5.32. The largest absolute Gasteiger partial charge is 0.357 e. The van der Waals surface area contributed by atoms with Crippen LogP contribution in [0.4, 0.5) is 5.82 Å². The maximum absolute atomic E-state index is 4.23. The van der Waals surface area contributed by atoms with Crippen molar-refractivity contribution in [3.63, 3.8) is 0 Å². The van der Waals surface area contributed by atoms with E-state index in [-0.39, 0.29) is 5.54 Å². The van der Waals surface area contributed by atoms with Gasteiger partial charge < -0.3 is 10.2 Å². The summed E-state index contributed by atoms with van der Waals surface area (Å²) in [6.45, 7) is 8.32. The molecule has 16 heavy (non-hydrogen) atoms. The Morgan fingerprint density at radius 1 is 1.44 bits per heavy atom. The molecule has 1 rings (SSSR count). The van der Waals surface area contributed by atoms with E-state index in [2.05, 4.69) is 56.9 Å². The van der Waals surface area contributed by atoms with Gasteiger partial charge in [-0.3, -0.25) is 0 Å². The summed E-state index contributed by atoms with van der Waals surface area (Å²) < 4.78 is 0.924. The quantitative estimate of drug-likeness (QED) is 0.920. The van der Waals surface area contributed by atoms with Crippen LogP contribution >= 0.6 is 15.9 Å². The monoisotopic (exact) mass is 286 g/mol. The predicted molar refractivity (Wildman–Crippen MR) is 70.8 cm³/mol. The van der Waals surface area contributed by atoms with Gasteiger partial charge >= 0.3 is 0 Å². The lowest BCUT2D eigenvalue weighted by atomic mass is 10.1. The predicted octanol–water partition coefficient (Wildman–Crippen LogP) is 2.06. The minimum absolute atomic E-state index is 0.156. The third kappa shape index (κ3) is 4.45. The summed E-state index contributed by atoms with van der Waals surface area (Å²) in [5.41, 5.74) is 0.156. The van der Waals surface area contributed by atoms with Crippen LogP contribution in [0.5, 0.6) is 0 Å². The molecule has 0 atom stereocenters. The fraction of sp³-hybridized carbons (Fsp3) is 0.636. The van der Waals surface area contributed by atoms with Crippen molar-refractivity contribution in [2.24, 2.45) is 0 Å². The third-order valence-corrected chi connectivity index (χ3v) is 2.67. The van der Waals surface area contributed by atoms with Crippen LogP contribution in [-0.4, -0.2) is 35.6 Å². The van der Waals surface area contributed by atoms with E-state index >= 15 is 0 Å². The zero-order chi connectivity index (χ0) is 12.2. The van der Waals surface area contributed by atoms with Gasteiger partial charge in [0.2, 0.25) is 0 Å². The summed E-state index contributed by atoms with van der Waals surface area (Å²) in [6, 6.07) is 0. The van der Waals surface area contributed by atoms with Gasteiger partial charge in [-0.2, -0.15) is 0 Å². The molecule has 0 spiro atoms. The summed E-state index contributed by atoms with van der Waals surface area (Å²) in [4.78, 5) is 10.3. The fourth-order valence-electron chi connectivity index (χ4n) is 1.29. The molecule has 0 aromatic carbocycles. The summed E-state index contributed by atoms with van der Waals surface area (Å²) in [5.74, 6) is 0.922. The Bertz CT molecular complexity index is 335. The molecule has 90 valence electrons. The number of anilines is 1. The minimum Gasteiger partial charge on any atom is -0.357 e. The Kier molecular flexibility index (Phi) is 4.68. The van der Waals surface area contributed by atoms with E-state index in [1.807, 2.05) is 7.05 Å². The molecule has 0 bridgehead atoms. The van der Waals surface area contributed by atoms with Gasteiger partial charge in [0.25, 0.3) is 0 Å². The second-order valence-electron chi connectivity index (χ2n) is 4.79. The van der Waals surface area contributed by atoms with Crippen LogP contribution in [0, 0.1) is 0 Å². The molecule has 0 amide bonds. The highest BCUT2D eigenvalue weighted by Crippen LogP contribution is 2.20. The van der Waals surface area contributed by atoms with Crippen molar-refractivity contribution in [2.45, 2.75) is 26.3 Å². The van der Waals surface area contributed by atoms with Gasteiger partial charge in [0.05, 0.1) is 4.47 Å². The van der Waals surface area contributed by atoms with Gasteiger partial charge in [0.15, 0.2) is 0 Å². The van der Waals surface area contributed by atoms with Crippen molar-refractivity contribution in [2.75, 3.05) is 25.0 Å². The SMILES string of the molecule is CN(CCNC(C)(C)C)c1ncncc1Br. The first-order valence-corrected chi connectivity index (χ1v) is 6.11. The lowest BCUT2D eigenvalue weighted by molar-refractivity contribution is 0.430. The van der Waals surface area contributed by atoms with Gasteiger partial charge in [-0.25, -0.2) is 9.97 Å². The second-order valence-corrected chi connectivity index (χ2v) is 5.65. The zero-order valence-corrected chi connectivity index (χ0v) is 11.9. The molecular weight excluding hydrogens is 268 g/mol. The van der Waals surface area contributed by atoms with Gasteiger partial charge in [-0.05, 0) is 36.7 Å². The molecule has 0 radical (unpaired) electrons. The molecular formula is C11H19BrN4. The number of aromatic nitrogens is 2. The van der Waals surface area contributed by atoms with Crippen molar-refractivity contribution in [1.29, 1.82) is 0 Å². The summed E-state index contributed by atoms with van der Waals surface area (Å²) in [5, 5.41) is 3.44. The van der Waals surface area contributed by atoms with Gasteiger partial charge in [-0.1, -0.05) is 0 Å². The second kappa shape index (κ2) is 5.59. The Balaban J connectivity index is 2.47. The van der Waals surface area contributed by atoms with E-state index < -0.39 is 0 Å². The smallest absolute Gasteiger partial charge is 0.146 e. The zero-order valence-electron chi connectivity index (χ0n) is 10.3. The maximum atomic E-state index is 4.23. The molecule has 0 saturated heterocycles. The molecule has 1 heterocycles. The van der Waals surface area contributed by atoms with E-state index in [9.17, 15) is 0 Å².